The third-order valence-electron chi connectivity index (χ3n) is 2.52. The van der Waals surface area contributed by atoms with Crippen molar-refractivity contribution in [2.45, 2.75) is 20.4 Å². The van der Waals surface area contributed by atoms with Gasteiger partial charge in [-0.05, 0) is 30.8 Å². The molecule has 0 spiro atoms. The Morgan fingerprint density at radius 2 is 2.00 bits per heavy atom. The lowest BCUT2D eigenvalue weighted by molar-refractivity contribution is 0.112. The first-order valence-electron chi connectivity index (χ1n) is 5.20. The fraction of sp³-hybridized carbons (Fsp3) is 0.417. The van der Waals surface area contributed by atoms with Gasteiger partial charge >= 0.3 is 0 Å². The van der Waals surface area contributed by atoms with E-state index in [1.807, 2.05) is 6.07 Å². The maximum Gasteiger partial charge on any atom is 0.153 e. The van der Waals surface area contributed by atoms with E-state index in [0.29, 0.717) is 11.8 Å². The van der Waals surface area contributed by atoms with E-state index in [2.05, 4.69) is 18.7 Å². The fourth-order valence-corrected chi connectivity index (χ4v) is 1.49. The SMILES string of the molecule is CCN(CC)Cc1ccc(C=O)c(O)c1. The zero-order valence-electron chi connectivity index (χ0n) is 9.23. The Labute approximate surface area is 90.3 Å². The summed E-state index contributed by atoms with van der Waals surface area (Å²) in [4.78, 5) is 12.7. The Bertz CT molecular complexity index is 332. The lowest BCUT2D eigenvalue weighted by Gasteiger charge is -2.18. The highest BCUT2D eigenvalue weighted by Crippen LogP contribution is 2.17. The van der Waals surface area contributed by atoms with Gasteiger partial charge in [0.2, 0.25) is 0 Å². The number of rotatable bonds is 5. The monoisotopic (exact) mass is 207 g/mol. The molecular formula is C12H17NO2. The van der Waals surface area contributed by atoms with Crippen LogP contribution in [0.15, 0.2) is 18.2 Å². The Morgan fingerprint density at radius 1 is 1.33 bits per heavy atom. The molecule has 0 bridgehead atoms. The number of nitrogens with zero attached hydrogens (tertiary/aromatic N) is 1. The van der Waals surface area contributed by atoms with Crippen molar-refractivity contribution in [2.24, 2.45) is 0 Å². The predicted octanol–water partition coefficient (Wildman–Crippen LogP) is 2.05. The van der Waals surface area contributed by atoms with Gasteiger partial charge in [-0.15, -0.1) is 0 Å². The highest BCUT2D eigenvalue weighted by Gasteiger charge is 2.04. The molecule has 3 heteroatoms. The van der Waals surface area contributed by atoms with Gasteiger partial charge in [0, 0.05) is 6.54 Å². The number of benzene rings is 1. The van der Waals surface area contributed by atoms with Gasteiger partial charge in [0.05, 0.1) is 5.56 Å². The maximum atomic E-state index is 10.5. The number of aldehydes is 1. The molecule has 0 saturated heterocycles. The summed E-state index contributed by atoms with van der Waals surface area (Å²) in [6.45, 7) is 6.96. The van der Waals surface area contributed by atoms with E-state index in [4.69, 9.17) is 0 Å². The number of carbonyl (C=O) groups excluding carboxylic acids is 1. The van der Waals surface area contributed by atoms with Crippen LogP contribution in [0.4, 0.5) is 0 Å². The van der Waals surface area contributed by atoms with Crippen molar-refractivity contribution in [3.63, 3.8) is 0 Å². The molecule has 0 heterocycles. The predicted molar refractivity (Wildman–Crippen MR) is 60.1 cm³/mol. The van der Waals surface area contributed by atoms with Crippen LogP contribution >= 0.6 is 0 Å². The molecule has 0 atom stereocenters. The van der Waals surface area contributed by atoms with Gasteiger partial charge in [-0.25, -0.2) is 0 Å². The van der Waals surface area contributed by atoms with Crippen LogP contribution in [0.1, 0.15) is 29.8 Å². The first-order chi connectivity index (χ1) is 7.21. The van der Waals surface area contributed by atoms with E-state index >= 15 is 0 Å². The Kier molecular flexibility index (Phi) is 4.31. The summed E-state index contributed by atoms with van der Waals surface area (Å²) in [5, 5.41) is 9.50. The quantitative estimate of drug-likeness (QED) is 0.751. The van der Waals surface area contributed by atoms with Crippen LogP contribution in [-0.2, 0) is 6.54 Å². The van der Waals surface area contributed by atoms with Crippen LogP contribution in [0.2, 0.25) is 0 Å². The molecule has 0 fully saturated rings. The summed E-state index contributed by atoms with van der Waals surface area (Å²) in [5.74, 6) is 0.0645. The Morgan fingerprint density at radius 3 is 2.47 bits per heavy atom. The van der Waals surface area contributed by atoms with E-state index in [1.54, 1.807) is 12.1 Å². The molecule has 3 nitrogen and oxygen atoms in total. The van der Waals surface area contributed by atoms with E-state index in [-0.39, 0.29) is 5.75 Å². The molecule has 0 aliphatic heterocycles. The van der Waals surface area contributed by atoms with Crippen molar-refractivity contribution in [3.8, 4) is 5.75 Å². The number of hydrogen-bond acceptors (Lipinski definition) is 3. The van der Waals surface area contributed by atoms with E-state index in [9.17, 15) is 9.90 Å². The summed E-state index contributed by atoms with van der Waals surface area (Å²) < 4.78 is 0. The van der Waals surface area contributed by atoms with Gasteiger partial charge in [-0.3, -0.25) is 9.69 Å². The highest BCUT2D eigenvalue weighted by atomic mass is 16.3. The molecular weight excluding hydrogens is 190 g/mol. The largest absolute Gasteiger partial charge is 0.507 e. The minimum Gasteiger partial charge on any atom is -0.507 e. The Hall–Kier alpha value is -1.35. The number of phenols is 1. The number of hydrogen-bond donors (Lipinski definition) is 1. The zero-order valence-corrected chi connectivity index (χ0v) is 9.23. The van der Waals surface area contributed by atoms with Crippen LogP contribution in [-0.4, -0.2) is 29.4 Å². The molecule has 15 heavy (non-hydrogen) atoms. The van der Waals surface area contributed by atoms with Crippen LogP contribution in [0.3, 0.4) is 0 Å². The van der Waals surface area contributed by atoms with Gasteiger partial charge in [0.25, 0.3) is 0 Å². The molecule has 1 rings (SSSR count). The van der Waals surface area contributed by atoms with Crippen molar-refractivity contribution in [2.75, 3.05) is 13.1 Å². The molecule has 0 aliphatic rings. The summed E-state index contributed by atoms with van der Waals surface area (Å²) in [6.07, 6.45) is 0.663. The lowest BCUT2D eigenvalue weighted by Crippen LogP contribution is -2.22. The molecule has 1 aromatic carbocycles. The fourth-order valence-electron chi connectivity index (χ4n) is 1.49. The normalized spacial score (nSPS) is 10.6. The van der Waals surface area contributed by atoms with Crippen molar-refractivity contribution < 1.29 is 9.90 Å². The second-order valence-corrected chi connectivity index (χ2v) is 3.47. The molecule has 0 saturated carbocycles. The molecule has 0 aromatic heterocycles. The van der Waals surface area contributed by atoms with E-state index < -0.39 is 0 Å². The third kappa shape index (κ3) is 3.06. The van der Waals surface area contributed by atoms with Gasteiger partial charge < -0.3 is 5.11 Å². The van der Waals surface area contributed by atoms with Crippen LogP contribution < -0.4 is 0 Å². The Balaban J connectivity index is 2.78. The average molecular weight is 207 g/mol. The van der Waals surface area contributed by atoms with Crippen molar-refractivity contribution in [3.05, 3.63) is 29.3 Å². The lowest BCUT2D eigenvalue weighted by atomic mass is 10.1. The second kappa shape index (κ2) is 5.51. The summed E-state index contributed by atoms with van der Waals surface area (Å²) in [5.41, 5.74) is 1.38. The average Bonchev–Trinajstić information content (AvgIpc) is 2.26. The molecule has 0 radical (unpaired) electrons. The standard InChI is InChI=1S/C12H17NO2/c1-3-13(4-2)8-10-5-6-11(9-14)12(15)7-10/h5-7,9,15H,3-4,8H2,1-2H3. The van der Waals surface area contributed by atoms with E-state index in [0.717, 1.165) is 25.2 Å². The number of phenolic OH excluding ortho intramolecular Hbond substituents is 1. The molecule has 0 amide bonds. The molecule has 0 aliphatic carbocycles. The van der Waals surface area contributed by atoms with Crippen molar-refractivity contribution >= 4 is 6.29 Å². The van der Waals surface area contributed by atoms with Gasteiger partial charge in [0.15, 0.2) is 6.29 Å². The van der Waals surface area contributed by atoms with Gasteiger partial charge in [-0.1, -0.05) is 19.9 Å². The van der Waals surface area contributed by atoms with Gasteiger partial charge in [0.1, 0.15) is 5.75 Å². The molecule has 1 aromatic rings. The second-order valence-electron chi connectivity index (χ2n) is 3.47. The maximum absolute atomic E-state index is 10.5. The van der Waals surface area contributed by atoms with Crippen molar-refractivity contribution in [1.82, 2.24) is 4.90 Å². The molecule has 0 unspecified atom stereocenters. The highest BCUT2D eigenvalue weighted by molar-refractivity contribution is 5.79. The summed E-state index contributed by atoms with van der Waals surface area (Å²) in [7, 11) is 0. The van der Waals surface area contributed by atoms with Crippen LogP contribution in [0.5, 0.6) is 5.75 Å². The van der Waals surface area contributed by atoms with Gasteiger partial charge in [-0.2, -0.15) is 0 Å². The third-order valence-corrected chi connectivity index (χ3v) is 2.52. The topological polar surface area (TPSA) is 40.5 Å². The molecule has 82 valence electrons. The summed E-state index contributed by atoms with van der Waals surface area (Å²) in [6, 6.07) is 5.19. The van der Waals surface area contributed by atoms with Crippen LogP contribution in [0, 0.1) is 0 Å². The van der Waals surface area contributed by atoms with Crippen LogP contribution in [0.25, 0.3) is 0 Å². The minimum atomic E-state index is 0.0645. The molecule has 1 N–H and O–H groups in total. The number of aromatic hydroxyl groups is 1. The van der Waals surface area contributed by atoms with E-state index in [1.165, 1.54) is 0 Å². The van der Waals surface area contributed by atoms with Crippen molar-refractivity contribution in [1.29, 1.82) is 0 Å². The number of carbonyl (C=O) groups is 1. The zero-order chi connectivity index (χ0) is 11.3. The first-order valence-corrected chi connectivity index (χ1v) is 5.20. The minimum absolute atomic E-state index is 0.0645. The summed E-state index contributed by atoms with van der Waals surface area (Å²) >= 11 is 0. The smallest absolute Gasteiger partial charge is 0.153 e. The first kappa shape index (κ1) is 11.7.